The number of carbonyl (C=O) groups is 1. The molecule has 0 fully saturated rings. The van der Waals surface area contributed by atoms with E-state index in [-0.39, 0.29) is 11.7 Å². The largest absolute Gasteiger partial charge is 0.384 e. The summed E-state index contributed by atoms with van der Waals surface area (Å²) >= 11 is 3.46. The van der Waals surface area contributed by atoms with Crippen LogP contribution in [0.3, 0.4) is 0 Å². The first-order valence-electron chi connectivity index (χ1n) is 6.60. The van der Waals surface area contributed by atoms with Crippen LogP contribution >= 0.6 is 15.9 Å². The second-order valence-electron chi connectivity index (χ2n) is 4.70. The minimum atomic E-state index is -0.365. The van der Waals surface area contributed by atoms with Gasteiger partial charge in [0.1, 0.15) is 5.82 Å². The molecule has 5 heteroatoms. The molecule has 0 radical (unpaired) electrons. The van der Waals surface area contributed by atoms with E-state index in [0.717, 1.165) is 15.7 Å². The molecular formula is C16H16BrFN2O. The van der Waals surface area contributed by atoms with Crippen LogP contribution in [-0.4, -0.2) is 12.5 Å². The van der Waals surface area contributed by atoms with E-state index in [9.17, 15) is 9.18 Å². The molecule has 1 amide bonds. The third-order valence-electron chi connectivity index (χ3n) is 2.96. The number of carbonyl (C=O) groups excluding carboxylic acids is 1. The Morgan fingerprint density at radius 3 is 2.71 bits per heavy atom. The number of amides is 1. The zero-order chi connectivity index (χ0) is 15.2. The Morgan fingerprint density at radius 1 is 1.19 bits per heavy atom. The second-order valence-corrected chi connectivity index (χ2v) is 5.55. The molecule has 0 bridgehead atoms. The first-order chi connectivity index (χ1) is 10.0. The van der Waals surface area contributed by atoms with Gasteiger partial charge in [0.05, 0.1) is 0 Å². The molecular weight excluding hydrogens is 335 g/mol. The van der Waals surface area contributed by atoms with Crippen LogP contribution in [0.4, 0.5) is 15.8 Å². The molecule has 0 spiro atoms. The van der Waals surface area contributed by atoms with Crippen LogP contribution in [0.2, 0.25) is 0 Å². The minimum Gasteiger partial charge on any atom is -0.384 e. The molecule has 21 heavy (non-hydrogen) atoms. The maximum Gasteiger partial charge on any atom is 0.226 e. The molecule has 2 rings (SSSR count). The van der Waals surface area contributed by atoms with Gasteiger partial charge in [-0.3, -0.25) is 4.79 Å². The molecule has 2 N–H and O–H groups in total. The minimum absolute atomic E-state index is 0.153. The van der Waals surface area contributed by atoms with Gasteiger partial charge in [-0.15, -0.1) is 0 Å². The number of hydrogen-bond acceptors (Lipinski definition) is 2. The SMILES string of the molecule is Cc1ccc(NCCC(=O)Nc2cccc(F)c2)cc1Br. The number of benzene rings is 2. The Hall–Kier alpha value is -1.88. The standard InChI is InChI=1S/C16H16BrFN2O/c1-11-5-6-13(10-15(11)17)19-8-7-16(21)20-14-4-2-3-12(18)9-14/h2-6,9-10,19H,7-8H2,1H3,(H,20,21). The summed E-state index contributed by atoms with van der Waals surface area (Å²) in [5.74, 6) is -0.519. The molecule has 0 heterocycles. The van der Waals surface area contributed by atoms with E-state index >= 15 is 0 Å². The van der Waals surface area contributed by atoms with E-state index in [1.165, 1.54) is 12.1 Å². The number of rotatable bonds is 5. The van der Waals surface area contributed by atoms with E-state index in [0.29, 0.717) is 18.7 Å². The van der Waals surface area contributed by atoms with Gasteiger partial charge in [0.25, 0.3) is 0 Å². The molecule has 0 aliphatic carbocycles. The molecule has 110 valence electrons. The Labute approximate surface area is 131 Å². The predicted molar refractivity (Wildman–Crippen MR) is 87.0 cm³/mol. The number of nitrogens with one attached hydrogen (secondary N) is 2. The van der Waals surface area contributed by atoms with Gasteiger partial charge in [0.15, 0.2) is 0 Å². The highest BCUT2D eigenvalue weighted by atomic mass is 79.9. The van der Waals surface area contributed by atoms with Gasteiger partial charge in [-0.05, 0) is 42.8 Å². The summed E-state index contributed by atoms with van der Waals surface area (Å²) in [6.07, 6.45) is 0.308. The van der Waals surface area contributed by atoms with Gasteiger partial charge in [-0.25, -0.2) is 4.39 Å². The fourth-order valence-electron chi connectivity index (χ4n) is 1.81. The molecule has 0 aliphatic rings. The van der Waals surface area contributed by atoms with Crippen molar-refractivity contribution in [1.82, 2.24) is 0 Å². The lowest BCUT2D eigenvalue weighted by molar-refractivity contribution is -0.115. The topological polar surface area (TPSA) is 41.1 Å². The van der Waals surface area contributed by atoms with Gasteiger partial charge >= 0.3 is 0 Å². The smallest absolute Gasteiger partial charge is 0.226 e. The molecule has 2 aromatic rings. The maximum atomic E-state index is 13.0. The highest BCUT2D eigenvalue weighted by molar-refractivity contribution is 9.10. The highest BCUT2D eigenvalue weighted by Gasteiger charge is 2.03. The highest BCUT2D eigenvalue weighted by Crippen LogP contribution is 2.20. The van der Waals surface area contributed by atoms with E-state index in [2.05, 4.69) is 26.6 Å². The summed E-state index contributed by atoms with van der Waals surface area (Å²) in [6.45, 7) is 2.52. The number of halogens is 2. The fourth-order valence-corrected chi connectivity index (χ4v) is 2.19. The molecule has 0 aliphatic heterocycles. The maximum absolute atomic E-state index is 13.0. The summed E-state index contributed by atoms with van der Waals surface area (Å²) in [5.41, 5.74) is 2.58. The van der Waals surface area contributed by atoms with Crippen molar-refractivity contribution in [3.63, 3.8) is 0 Å². The molecule has 0 aromatic heterocycles. The summed E-state index contributed by atoms with van der Waals surface area (Å²) in [5, 5.41) is 5.84. The summed E-state index contributed by atoms with van der Waals surface area (Å²) < 4.78 is 14.0. The summed E-state index contributed by atoms with van der Waals surface area (Å²) in [7, 11) is 0. The Bertz CT molecular complexity index is 646. The van der Waals surface area contributed by atoms with Crippen LogP contribution < -0.4 is 10.6 Å². The molecule has 3 nitrogen and oxygen atoms in total. The quantitative estimate of drug-likeness (QED) is 0.842. The van der Waals surface area contributed by atoms with Crippen molar-refractivity contribution in [3.8, 4) is 0 Å². The van der Waals surface area contributed by atoms with Crippen molar-refractivity contribution in [1.29, 1.82) is 0 Å². The average molecular weight is 351 g/mol. The van der Waals surface area contributed by atoms with E-state index in [1.54, 1.807) is 12.1 Å². The van der Waals surface area contributed by atoms with Gasteiger partial charge in [0.2, 0.25) is 5.91 Å². The number of hydrogen-bond donors (Lipinski definition) is 2. The monoisotopic (exact) mass is 350 g/mol. The molecule has 0 saturated heterocycles. The fraction of sp³-hybridized carbons (Fsp3) is 0.188. The van der Waals surface area contributed by atoms with Gasteiger partial charge < -0.3 is 10.6 Å². The third-order valence-corrected chi connectivity index (χ3v) is 3.82. The Balaban J connectivity index is 1.80. The van der Waals surface area contributed by atoms with Gasteiger partial charge in [0, 0.05) is 28.8 Å². The number of anilines is 2. The van der Waals surface area contributed by atoms with E-state index in [1.807, 2.05) is 25.1 Å². The van der Waals surface area contributed by atoms with Crippen molar-refractivity contribution in [3.05, 3.63) is 58.3 Å². The van der Waals surface area contributed by atoms with Crippen molar-refractivity contribution in [2.75, 3.05) is 17.2 Å². The van der Waals surface area contributed by atoms with Crippen LogP contribution in [0.25, 0.3) is 0 Å². The Kier molecular flexibility index (Phi) is 5.33. The molecule has 0 unspecified atom stereocenters. The van der Waals surface area contributed by atoms with Crippen molar-refractivity contribution < 1.29 is 9.18 Å². The molecule has 0 atom stereocenters. The first kappa shape index (κ1) is 15.5. The third kappa shape index (κ3) is 4.86. The van der Waals surface area contributed by atoms with Crippen LogP contribution in [0, 0.1) is 12.7 Å². The first-order valence-corrected chi connectivity index (χ1v) is 7.39. The van der Waals surface area contributed by atoms with Crippen molar-refractivity contribution >= 4 is 33.2 Å². The summed E-state index contributed by atoms with van der Waals surface area (Å²) in [6, 6.07) is 11.8. The van der Waals surface area contributed by atoms with Gasteiger partial charge in [-0.1, -0.05) is 28.1 Å². The Morgan fingerprint density at radius 2 is 2.00 bits per heavy atom. The lowest BCUT2D eigenvalue weighted by atomic mass is 10.2. The van der Waals surface area contributed by atoms with Crippen LogP contribution in [0.1, 0.15) is 12.0 Å². The lowest BCUT2D eigenvalue weighted by Crippen LogP contribution is -2.16. The molecule has 0 saturated carbocycles. The second kappa shape index (κ2) is 7.22. The van der Waals surface area contributed by atoms with E-state index in [4.69, 9.17) is 0 Å². The lowest BCUT2D eigenvalue weighted by Gasteiger charge is -2.09. The van der Waals surface area contributed by atoms with Crippen LogP contribution in [0.15, 0.2) is 46.9 Å². The van der Waals surface area contributed by atoms with Gasteiger partial charge in [-0.2, -0.15) is 0 Å². The zero-order valence-electron chi connectivity index (χ0n) is 11.6. The van der Waals surface area contributed by atoms with E-state index < -0.39 is 0 Å². The van der Waals surface area contributed by atoms with Crippen LogP contribution in [-0.2, 0) is 4.79 Å². The number of aryl methyl sites for hydroxylation is 1. The predicted octanol–water partition coefficient (Wildman–Crippen LogP) is 4.34. The van der Waals surface area contributed by atoms with Crippen LogP contribution in [0.5, 0.6) is 0 Å². The van der Waals surface area contributed by atoms with Crippen molar-refractivity contribution in [2.24, 2.45) is 0 Å². The molecule has 2 aromatic carbocycles. The average Bonchev–Trinajstić information content (AvgIpc) is 2.43. The zero-order valence-corrected chi connectivity index (χ0v) is 13.2. The summed E-state index contributed by atoms with van der Waals surface area (Å²) in [4.78, 5) is 11.8. The normalized spacial score (nSPS) is 10.2. The van der Waals surface area contributed by atoms with Crippen molar-refractivity contribution in [2.45, 2.75) is 13.3 Å².